The van der Waals surface area contributed by atoms with Crippen molar-refractivity contribution in [3.63, 3.8) is 0 Å². The second-order valence-corrected chi connectivity index (χ2v) is 3.24. The Labute approximate surface area is 77.6 Å². The number of esters is 1. The van der Waals surface area contributed by atoms with Gasteiger partial charge in [-0.05, 0) is 32.9 Å². The van der Waals surface area contributed by atoms with Crippen LogP contribution in [0.2, 0.25) is 0 Å². The third-order valence-electron chi connectivity index (χ3n) is 2.31. The highest BCUT2D eigenvalue weighted by molar-refractivity contribution is 5.74. The molecule has 0 aromatic carbocycles. The van der Waals surface area contributed by atoms with Gasteiger partial charge in [-0.15, -0.1) is 0 Å². The van der Waals surface area contributed by atoms with E-state index in [1.54, 1.807) is 6.92 Å². The summed E-state index contributed by atoms with van der Waals surface area (Å²) in [5.41, 5.74) is 0. The van der Waals surface area contributed by atoms with Gasteiger partial charge in [0.05, 0.1) is 6.61 Å². The molecular formula is C9H16FNO2. The van der Waals surface area contributed by atoms with E-state index in [2.05, 4.69) is 10.1 Å². The molecule has 0 bridgehead atoms. The number of carbonyl (C=O) groups excluding carboxylic acids is 1. The van der Waals surface area contributed by atoms with Crippen LogP contribution in [0.3, 0.4) is 0 Å². The molecule has 1 fully saturated rings. The molecule has 0 aromatic rings. The molecule has 3 nitrogen and oxygen atoms in total. The van der Waals surface area contributed by atoms with E-state index in [1.165, 1.54) is 0 Å². The SMILES string of the molecule is CCOC(=O)C(F)C1CCNCC1. The van der Waals surface area contributed by atoms with Crippen molar-refractivity contribution in [3.8, 4) is 0 Å². The van der Waals surface area contributed by atoms with Gasteiger partial charge in [0.2, 0.25) is 0 Å². The van der Waals surface area contributed by atoms with E-state index in [1.807, 2.05) is 0 Å². The van der Waals surface area contributed by atoms with Gasteiger partial charge in [-0.1, -0.05) is 0 Å². The highest BCUT2D eigenvalue weighted by Crippen LogP contribution is 2.19. The molecule has 0 aromatic heterocycles. The van der Waals surface area contributed by atoms with E-state index in [4.69, 9.17) is 0 Å². The third kappa shape index (κ3) is 2.95. The van der Waals surface area contributed by atoms with Crippen molar-refractivity contribution < 1.29 is 13.9 Å². The number of alkyl halides is 1. The molecule has 1 unspecified atom stereocenters. The van der Waals surface area contributed by atoms with Crippen molar-refractivity contribution in [2.24, 2.45) is 5.92 Å². The molecule has 1 saturated heterocycles. The first-order valence-electron chi connectivity index (χ1n) is 4.77. The molecule has 0 amide bonds. The van der Waals surface area contributed by atoms with Crippen LogP contribution in [0.1, 0.15) is 19.8 Å². The van der Waals surface area contributed by atoms with Gasteiger partial charge >= 0.3 is 5.97 Å². The maximum Gasteiger partial charge on any atom is 0.341 e. The smallest absolute Gasteiger partial charge is 0.341 e. The molecule has 0 spiro atoms. The molecule has 0 aliphatic carbocycles. The summed E-state index contributed by atoms with van der Waals surface area (Å²) in [5.74, 6) is -0.852. The third-order valence-corrected chi connectivity index (χ3v) is 2.31. The summed E-state index contributed by atoms with van der Waals surface area (Å²) in [6.07, 6.45) is 0.0157. The van der Waals surface area contributed by atoms with Crippen LogP contribution in [0, 0.1) is 5.92 Å². The molecule has 1 aliphatic heterocycles. The lowest BCUT2D eigenvalue weighted by Gasteiger charge is -2.24. The zero-order chi connectivity index (χ0) is 9.68. The Morgan fingerprint density at radius 2 is 2.23 bits per heavy atom. The molecule has 0 radical (unpaired) electrons. The number of piperidine rings is 1. The number of nitrogens with one attached hydrogen (secondary N) is 1. The quantitative estimate of drug-likeness (QED) is 0.670. The predicted molar refractivity (Wildman–Crippen MR) is 47.1 cm³/mol. The number of hydrogen-bond acceptors (Lipinski definition) is 3. The first-order chi connectivity index (χ1) is 6.25. The minimum absolute atomic E-state index is 0.153. The van der Waals surface area contributed by atoms with E-state index in [0.29, 0.717) is 0 Å². The van der Waals surface area contributed by atoms with Crippen molar-refractivity contribution in [1.29, 1.82) is 0 Å². The van der Waals surface area contributed by atoms with Crippen LogP contribution in [0.25, 0.3) is 0 Å². The monoisotopic (exact) mass is 189 g/mol. The zero-order valence-electron chi connectivity index (χ0n) is 7.88. The van der Waals surface area contributed by atoms with Gasteiger partial charge in [0.1, 0.15) is 0 Å². The maximum atomic E-state index is 13.4. The standard InChI is InChI=1S/C9H16FNO2/c1-2-13-9(12)8(10)7-3-5-11-6-4-7/h7-8,11H,2-6H2,1H3. The highest BCUT2D eigenvalue weighted by Gasteiger charge is 2.30. The number of hydrogen-bond donors (Lipinski definition) is 1. The fourth-order valence-electron chi connectivity index (χ4n) is 1.55. The summed E-state index contributed by atoms with van der Waals surface area (Å²) < 4.78 is 18.0. The molecule has 4 heteroatoms. The second kappa shape index (κ2) is 5.17. The fourth-order valence-corrected chi connectivity index (χ4v) is 1.55. The fraction of sp³-hybridized carbons (Fsp3) is 0.889. The van der Waals surface area contributed by atoms with Crippen molar-refractivity contribution in [1.82, 2.24) is 5.32 Å². The molecule has 1 atom stereocenters. The molecule has 1 aliphatic rings. The Kier molecular flexibility index (Phi) is 4.15. The molecule has 13 heavy (non-hydrogen) atoms. The molecular weight excluding hydrogens is 173 g/mol. The summed E-state index contributed by atoms with van der Waals surface area (Å²) in [6.45, 7) is 3.53. The van der Waals surface area contributed by atoms with Gasteiger partial charge in [0.15, 0.2) is 6.17 Å². The maximum absolute atomic E-state index is 13.4. The highest BCUT2D eigenvalue weighted by atomic mass is 19.1. The Morgan fingerprint density at radius 1 is 1.62 bits per heavy atom. The van der Waals surface area contributed by atoms with Crippen LogP contribution in [0.4, 0.5) is 4.39 Å². The molecule has 76 valence electrons. The van der Waals surface area contributed by atoms with Crippen molar-refractivity contribution in [2.75, 3.05) is 19.7 Å². The van der Waals surface area contributed by atoms with Crippen LogP contribution in [0.15, 0.2) is 0 Å². The average molecular weight is 189 g/mol. The van der Waals surface area contributed by atoms with Crippen LogP contribution in [-0.4, -0.2) is 31.8 Å². The Hall–Kier alpha value is -0.640. The Balaban J connectivity index is 2.35. The first-order valence-corrected chi connectivity index (χ1v) is 4.77. The minimum atomic E-state index is -1.43. The number of carbonyl (C=O) groups is 1. The van der Waals surface area contributed by atoms with Crippen molar-refractivity contribution >= 4 is 5.97 Å². The zero-order valence-corrected chi connectivity index (χ0v) is 7.88. The summed E-state index contributed by atoms with van der Waals surface area (Å²) >= 11 is 0. The van der Waals surface area contributed by atoms with E-state index < -0.39 is 12.1 Å². The van der Waals surface area contributed by atoms with Gasteiger partial charge < -0.3 is 10.1 Å². The summed E-state index contributed by atoms with van der Waals surface area (Å²) in [6, 6.07) is 0. The second-order valence-electron chi connectivity index (χ2n) is 3.24. The van der Waals surface area contributed by atoms with Crippen LogP contribution in [-0.2, 0) is 9.53 Å². The van der Waals surface area contributed by atoms with Crippen molar-refractivity contribution in [3.05, 3.63) is 0 Å². The van der Waals surface area contributed by atoms with Crippen LogP contribution in [0.5, 0.6) is 0 Å². The van der Waals surface area contributed by atoms with Crippen molar-refractivity contribution in [2.45, 2.75) is 25.9 Å². The predicted octanol–water partition coefficient (Wildman–Crippen LogP) is 0.887. The summed E-state index contributed by atoms with van der Waals surface area (Å²) in [4.78, 5) is 11.0. The summed E-state index contributed by atoms with van der Waals surface area (Å²) in [5, 5.41) is 3.12. The average Bonchev–Trinajstić information content (AvgIpc) is 2.18. The van der Waals surface area contributed by atoms with E-state index in [-0.39, 0.29) is 12.5 Å². The first kappa shape index (κ1) is 10.4. The number of rotatable bonds is 3. The molecule has 1 rings (SSSR count). The lowest BCUT2D eigenvalue weighted by Crippen LogP contribution is -2.36. The molecule has 0 saturated carbocycles. The Bertz CT molecular complexity index is 169. The largest absolute Gasteiger partial charge is 0.464 e. The van der Waals surface area contributed by atoms with Gasteiger partial charge in [-0.25, -0.2) is 9.18 Å². The van der Waals surface area contributed by atoms with Gasteiger partial charge in [-0.3, -0.25) is 0 Å². The van der Waals surface area contributed by atoms with Crippen LogP contribution < -0.4 is 5.32 Å². The molecule has 1 N–H and O–H groups in total. The number of halogens is 1. The van der Waals surface area contributed by atoms with Gasteiger partial charge in [0, 0.05) is 5.92 Å². The molecule has 1 heterocycles. The lowest BCUT2D eigenvalue weighted by molar-refractivity contribution is -0.151. The van der Waals surface area contributed by atoms with Gasteiger partial charge in [-0.2, -0.15) is 0 Å². The Morgan fingerprint density at radius 3 is 2.77 bits per heavy atom. The normalized spacial score (nSPS) is 21.1. The van der Waals surface area contributed by atoms with E-state index in [0.717, 1.165) is 25.9 Å². The lowest BCUT2D eigenvalue weighted by atomic mass is 9.93. The van der Waals surface area contributed by atoms with Gasteiger partial charge in [0.25, 0.3) is 0 Å². The minimum Gasteiger partial charge on any atom is -0.464 e. The number of ether oxygens (including phenoxy) is 1. The summed E-state index contributed by atoms with van der Waals surface area (Å²) in [7, 11) is 0. The van der Waals surface area contributed by atoms with Crippen LogP contribution >= 0.6 is 0 Å². The van der Waals surface area contributed by atoms with E-state index in [9.17, 15) is 9.18 Å². The van der Waals surface area contributed by atoms with E-state index >= 15 is 0 Å². The topological polar surface area (TPSA) is 38.3 Å².